The molecule has 1 spiro atoms. The van der Waals surface area contributed by atoms with Crippen LogP contribution in [0.5, 0.6) is 0 Å². The first-order valence-corrected chi connectivity index (χ1v) is 4.82. The van der Waals surface area contributed by atoms with E-state index in [0.717, 1.165) is 6.54 Å². The summed E-state index contributed by atoms with van der Waals surface area (Å²) in [5, 5.41) is 3.12. The number of hydrogen-bond donors (Lipinski definition) is 1. The van der Waals surface area contributed by atoms with Crippen LogP contribution in [0.2, 0.25) is 0 Å². The van der Waals surface area contributed by atoms with Gasteiger partial charge in [-0.3, -0.25) is 0 Å². The molecule has 0 saturated carbocycles. The summed E-state index contributed by atoms with van der Waals surface area (Å²) in [4.78, 5) is 15.0. The van der Waals surface area contributed by atoms with Crippen LogP contribution in [0.3, 0.4) is 0 Å². The number of halogens is 3. The fourth-order valence-corrected chi connectivity index (χ4v) is 2.28. The lowest BCUT2D eigenvalue weighted by atomic mass is 9.93. The van der Waals surface area contributed by atoms with Crippen LogP contribution >= 0.6 is 24.8 Å². The van der Waals surface area contributed by atoms with Crippen molar-refractivity contribution < 1.29 is 13.9 Å². The summed E-state index contributed by atoms with van der Waals surface area (Å²) in [5.74, 6) is -1.33. The number of nitrogens with zero attached hydrogens (tertiary/aromatic N) is 1. The maximum atomic E-state index is 13.3. The Hall–Kier alpha value is -0.910. The number of ether oxygens (including phenoxy) is 1. The number of carbonyl (C=O) groups excluding carboxylic acids is 1. The third-order valence-corrected chi connectivity index (χ3v) is 3.00. The molecule has 2 aliphatic heterocycles. The zero-order chi connectivity index (χ0) is 10.5. The minimum atomic E-state index is -0.735. The molecule has 17 heavy (non-hydrogen) atoms. The third-order valence-electron chi connectivity index (χ3n) is 3.00. The van der Waals surface area contributed by atoms with Crippen LogP contribution in [0.1, 0.15) is 22.3 Å². The molecule has 1 N–H and O–H groups in total. The quantitative estimate of drug-likeness (QED) is 0.577. The molecule has 1 aromatic heterocycles. The van der Waals surface area contributed by atoms with Crippen molar-refractivity contribution in [2.75, 3.05) is 13.1 Å². The first-order chi connectivity index (χ1) is 7.23. The highest BCUT2D eigenvalue weighted by Gasteiger charge is 2.49. The Morgan fingerprint density at radius 2 is 2.24 bits per heavy atom. The van der Waals surface area contributed by atoms with Gasteiger partial charge < -0.3 is 10.1 Å². The number of aromatic nitrogens is 1. The van der Waals surface area contributed by atoms with Crippen molar-refractivity contribution in [1.82, 2.24) is 10.3 Å². The van der Waals surface area contributed by atoms with Gasteiger partial charge in [-0.2, -0.15) is 4.39 Å². The SMILES string of the molecule is Cl.Cl.O=C1OC2(CCNC2)c2ccnc(F)c21. The fraction of sp³-hybridized carbons (Fsp3) is 0.400. The standard InChI is InChI=1S/C10H9FN2O2.2ClH/c11-8-7-6(1-3-13-8)10(15-9(7)14)2-4-12-5-10;;/h1,3,12H,2,4-5H2;2*1H. The van der Waals surface area contributed by atoms with Crippen LogP contribution in [-0.4, -0.2) is 24.0 Å². The summed E-state index contributed by atoms with van der Waals surface area (Å²) in [6.45, 7) is 1.33. The Balaban J connectivity index is 0.000000722. The molecule has 1 fully saturated rings. The molecule has 1 aromatic rings. The first-order valence-electron chi connectivity index (χ1n) is 4.82. The van der Waals surface area contributed by atoms with Gasteiger partial charge in [0.05, 0.1) is 0 Å². The molecule has 3 rings (SSSR count). The lowest BCUT2D eigenvalue weighted by Crippen LogP contribution is -2.28. The lowest BCUT2D eigenvalue weighted by molar-refractivity contribution is 0.00152. The lowest BCUT2D eigenvalue weighted by Gasteiger charge is -2.21. The van der Waals surface area contributed by atoms with E-state index in [4.69, 9.17) is 4.74 Å². The number of carbonyl (C=O) groups is 1. The van der Waals surface area contributed by atoms with Crippen molar-refractivity contribution in [3.8, 4) is 0 Å². The van der Waals surface area contributed by atoms with Crippen molar-refractivity contribution in [2.45, 2.75) is 12.0 Å². The Bertz CT molecular complexity index is 450. The highest BCUT2D eigenvalue weighted by Crippen LogP contribution is 2.40. The van der Waals surface area contributed by atoms with E-state index in [0.29, 0.717) is 18.5 Å². The topological polar surface area (TPSA) is 51.2 Å². The molecule has 94 valence electrons. The molecule has 0 bridgehead atoms. The van der Waals surface area contributed by atoms with Gasteiger partial charge in [0.2, 0.25) is 5.95 Å². The van der Waals surface area contributed by atoms with Crippen LogP contribution in [0, 0.1) is 5.95 Å². The molecule has 3 heterocycles. The van der Waals surface area contributed by atoms with E-state index in [1.165, 1.54) is 6.20 Å². The van der Waals surface area contributed by atoms with Gasteiger partial charge in [-0.1, -0.05) is 0 Å². The number of rotatable bonds is 0. The van der Waals surface area contributed by atoms with E-state index in [2.05, 4.69) is 10.3 Å². The summed E-state index contributed by atoms with van der Waals surface area (Å²) in [7, 11) is 0. The predicted molar refractivity (Wildman–Crippen MR) is 63.3 cm³/mol. The predicted octanol–water partition coefficient (Wildman–Crippen LogP) is 1.42. The minimum Gasteiger partial charge on any atom is -0.449 e. The van der Waals surface area contributed by atoms with Gasteiger partial charge in [-0.25, -0.2) is 9.78 Å². The van der Waals surface area contributed by atoms with E-state index < -0.39 is 17.5 Å². The Morgan fingerprint density at radius 1 is 1.47 bits per heavy atom. The number of hydrogen-bond acceptors (Lipinski definition) is 4. The van der Waals surface area contributed by atoms with Crippen molar-refractivity contribution in [3.63, 3.8) is 0 Å². The molecule has 1 saturated heterocycles. The highest BCUT2D eigenvalue weighted by atomic mass is 35.5. The molecule has 0 radical (unpaired) electrons. The molecule has 4 nitrogen and oxygen atoms in total. The number of fused-ring (bicyclic) bond motifs is 2. The summed E-state index contributed by atoms with van der Waals surface area (Å²) in [5.41, 5.74) is -0.0258. The Kier molecular flexibility index (Phi) is 3.96. The molecule has 0 amide bonds. The van der Waals surface area contributed by atoms with E-state index in [-0.39, 0.29) is 30.4 Å². The van der Waals surface area contributed by atoms with E-state index in [1.807, 2.05) is 0 Å². The molecule has 1 unspecified atom stereocenters. The van der Waals surface area contributed by atoms with Gasteiger partial charge in [0, 0.05) is 24.7 Å². The van der Waals surface area contributed by atoms with Gasteiger partial charge in [0.1, 0.15) is 5.56 Å². The van der Waals surface area contributed by atoms with E-state index in [1.54, 1.807) is 6.07 Å². The van der Waals surface area contributed by atoms with Crippen LogP contribution in [-0.2, 0) is 10.3 Å². The maximum Gasteiger partial charge on any atom is 0.344 e. The van der Waals surface area contributed by atoms with Gasteiger partial charge in [-0.15, -0.1) is 24.8 Å². The van der Waals surface area contributed by atoms with Crippen LogP contribution in [0.25, 0.3) is 0 Å². The molecular weight excluding hydrogens is 270 g/mol. The molecule has 2 aliphatic rings. The maximum absolute atomic E-state index is 13.3. The van der Waals surface area contributed by atoms with Crippen molar-refractivity contribution in [1.29, 1.82) is 0 Å². The van der Waals surface area contributed by atoms with Gasteiger partial charge in [0.15, 0.2) is 5.60 Å². The van der Waals surface area contributed by atoms with E-state index >= 15 is 0 Å². The number of nitrogens with one attached hydrogen (secondary N) is 1. The smallest absolute Gasteiger partial charge is 0.344 e. The largest absolute Gasteiger partial charge is 0.449 e. The van der Waals surface area contributed by atoms with Gasteiger partial charge in [0.25, 0.3) is 0 Å². The molecular formula is C10H11Cl2FN2O2. The summed E-state index contributed by atoms with van der Waals surface area (Å²) in [6, 6.07) is 1.66. The van der Waals surface area contributed by atoms with Crippen LogP contribution < -0.4 is 5.32 Å². The second kappa shape index (κ2) is 4.76. The van der Waals surface area contributed by atoms with Crippen molar-refractivity contribution >= 4 is 30.8 Å². The average Bonchev–Trinajstić information content (AvgIpc) is 2.76. The molecule has 0 aromatic carbocycles. The van der Waals surface area contributed by atoms with Crippen molar-refractivity contribution in [3.05, 3.63) is 29.3 Å². The van der Waals surface area contributed by atoms with E-state index in [9.17, 15) is 9.18 Å². The normalized spacial score (nSPS) is 24.9. The Morgan fingerprint density at radius 3 is 2.88 bits per heavy atom. The highest BCUT2D eigenvalue weighted by molar-refractivity contribution is 5.94. The monoisotopic (exact) mass is 280 g/mol. The number of pyridine rings is 1. The van der Waals surface area contributed by atoms with Crippen LogP contribution in [0.4, 0.5) is 4.39 Å². The fourth-order valence-electron chi connectivity index (χ4n) is 2.28. The average molecular weight is 281 g/mol. The molecule has 0 aliphatic carbocycles. The zero-order valence-electron chi connectivity index (χ0n) is 8.73. The van der Waals surface area contributed by atoms with Gasteiger partial charge in [-0.05, 0) is 12.6 Å². The summed E-state index contributed by atoms with van der Waals surface area (Å²) < 4.78 is 18.6. The molecule has 7 heteroatoms. The second-order valence-corrected chi connectivity index (χ2v) is 3.83. The molecule has 1 atom stereocenters. The first kappa shape index (κ1) is 14.2. The third kappa shape index (κ3) is 1.88. The summed E-state index contributed by atoms with van der Waals surface area (Å²) in [6.07, 6.45) is 2.06. The second-order valence-electron chi connectivity index (χ2n) is 3.83. The number of esters is 1. The summed E-state index contributed by atoms with van der Waals surface area (Å²) >= 11 is 0. The van der Waals surface area contributed by atoms with Crippen molar-refractivity contribution in [2.24, 2.45) is 0 Å². The zero-order valence-corrected chi connectivity index (χ0v) is 10.4. The van der Waals surface area contributed by atoms with Crippen LogP contribution in [0.15, 0.2) is 12.3 Å². The van der Waals surface area contributed by atoms with Gasteiger partial charge >= 0.3 is 5.97 Å². The minimum absolute atomic E-state index is 0. The Labute approximate surface area is 110 Å².